The third kappa shape index (κ3) is 3.29. The highest BCUT2D eigenvalue weighted by molar-refractivity contribution is 6.42. The molecule has 0 saturated carbocycles. The lowest BCUT2D eigenvalue weighted by Gasteiger charge is -2.04. The van der Waals surface area contributed by atoms with Gasteiger partial charge in [0.25, 0.3) is 5.56 Å². The summed E-state index contributed by atoms with van der Waals surface area (Å²) in [6, 6.07) is 3.12. The van der Waals surface area contributed by atoms with Crippen LogP contribution < -0.4 is 5.56 Å². The van der Waals surface area contributed by atoms with Gasteiger partial charge in [-0.05, 0) is 19.1 Å². The maximum absolute atomic E-state index is 11.9. The van der Waals surface area contributed by atoms with Crippen LogP contribution >= 0.6 is 23.2 Å². The van der Waals surface area contributed by atoms with Crippen molar-refractivity contribution in [3.63, 3.8) is 0 Å². The number of halogens is 2. The van der Waals surface area contributed by atoms with Gasteiger partial charge in [-0.1, -0.05) is 23.2 Å². The number of hydrogen-bond donors (Lipinski definition) is 1. The van der Waals surface area contributed by atoms with Gasteiger partial charge in [-0.25, -0.2) is 4.98 Å². The smallest absolute Gasteiger partial charge is 0.306 e. The summed E-state index contributed by atoms with van der Waals surface area (Å²) in [5, 5.41) is 0.700. The molecule has 5 nitrogen and oxygen atoms in total. The Morgan fingerprint density at radius 2 is 2.05 bits per heavy atom. The van der Waals surface area contributed by atoms with Gasteiger partial charge in [0.2, 0.25) is 0 Å². The van der Waals surface area contributed by atoms with E-state index in [9.17, 15) is 9.59 Å². The summed E-state index contributed by atoms with van der Waals surface area (Å²) in [5.74, 6) is -0.358. The second-order valence-corrected chi connectivity index (χ2v) is 4.92. The summed E-state index contributed by atoms with van der Waals surface area (Å²) in [5.41, 5.74) is 0.950. The number of ether oxygens (including phenoxy) is 1. The second kappa shape index (κ2) is 6.24. The normalized spacial score (nSPS) is 10.8. The second-order valence-electron chi connectivity index (χ2n) is 4.10. The van der Waals surface area contributed by atoms with Gasteiger partial charge in [-0.2, -0.15) is 0 Å². The molecule has 2 rings (SSSR count). The molecule has 1 aromatic carbocycles. The van der Waals surface area contributed by atoms with Gasteiger partial charge in [0.15, 0.2) is 0 Å². The van der Waals surface area contributed by atoms with Crippen LogP contribution in [0.3, 0.4) is 0 Å². The van der Waals surface area contributed by atoms with Crippen molar-refractivity contribution < 1.29 is 9.53 Å². The molecule has 1 heterocycles. The summed E-state index contributed by atoms with van der Waals surface area (Å²) >= 11 is 11.8. The largest absolute Gasteiger partial charge is 0.466 e. The van der Waals surface area contributed by atoms with E-state index in [1.807, 2.05) is 0 Å². The molecule has 0 atom stereocenters. The van der Waals surface area contributed by atoms with Gasteiger partial charge in [0.05, 0.1) is 34.1 Å². The van der Waals surface area contributed by atoms with Crippen molar-refractivity contribution in [2.75, 3.05) is 6.61 Å². The third-order valence-corrected chi connectivity index (χ3v) is 3.40. The molecule has 0 radical (unpaired) electrons. The maximum atomic E-state index is 11.9. The Morgan fingerprint density at radius 1 is 1.35 bits per heavy atom. The zero-order valence-corrected chi connectivity index (χ0v) is 12.2. The van der Waals surface area contributed by atoms with Crippen molar-refractivity contribution in [3.05, 3.63) is 38.2 Å². The van der Waals surface area contributed by atoms with Crippen molar-refractivity contribution in [1.82, 2.24) is 9.97 Å². The van der Waals surface area contributed by atoms with E-state index in [0.717, 1.165) is 0 Å². The fraction of sp³-hybridized carbons (Fsp3) is 0.308. The highest BCUT2D eigenvalue weighted by Crippen LogP contribution is 2.25. The number of hydrogen-bond acceptors (Lipinski definition) is 4. The lowest BCUT2D eigenvalue weighted by atomic mass is 10.2. The number of aryl methyl sites for hydroxylation is 1. The summed E-state index contributed by atoms with van der Waals surface area (Å²) in [6.07, 6.45) is 0.321. The standard InChI is InChI=1S/C13H12Cl2N2O3/c1-2-20-12(18)4-3-9-13(19)17-11-6-8(15)7(14)5-10(11)16-9/h5-6H,2-4H2,1H3,(H,17,19). The van der Waals surface area contributed by atoms with E-state index in [2.05, 4.69) is 9.97 Å². The number of esters is 1. The molecule has 1 aromatic heterocycles. The monoisotopic (exact) mass is 314 g/mol. The molecule has 0 amide bonds. The molecule has 7 heteroatoms. The molecule has 2 aromatic rings. The van der Waals surface area contributed by atoms with Gasteiger partial charge in [0.1, 0.15) is 5.69 Å². The molecule has 0 aliphatic heterocycles. The number of fused-ring (bicyclic) bond motifs is 1. The molecule has 0 unspecified atom stereocenters. The summed E-state index contributed by atoms with van der Waals surface area (Å²) in [7, 11) is 0. The number of nitrogens with one attached hydrogen (secondary N) is 1. The van der Waals surface area contributed by atoms with Gasteiger partial charge in [-0.15, -0.1) is 0 Å². The Morgan fingerprint density at radius 3 is 2.75 bits per heavy atom. The molecule has 0 spiro atoms. The Kier molecular flexibility index (Phi) is 4.62. The quantitative estimate of drug-likeness (QED) is 0.881. The van der Waals surface area contributed by atoms with Crippen molar-refractivity contribution in [2.45, 2.75) is 19.8 Å². The molecule has 0 aliphatic rings. The van der Waals surface area contributed by atoms with Crippen LogP contribution in [0, 0.1) is 0 Å². The summed E-state index contributed by atoms with van der Waals surface area (Å²) in [6.45, 7) is 2.04. The number of aromatic amines is 1. The van der Waals surface area contributed by atoms with Gasteiger partial charge < -0.3 is 9.72 Å². The highest BCUT2D eigenvalue weighted by atomic mass is 35.5. The molecular formula is C13H12Cl2N2O3. The molecule has 0 aliphatic carbocycles. The average Bonchev–Trinajstić information content (AvgIpc) is 2.39. The fourth-order valence-electron chi connectivity index (χ4n) is 1.74. The van der Waals surface area contributed by atoms with Crippen LogP contribution in [0.15, 0.2) is 16.9 Å². The van der Waals surface area contributed by atoms with E-state index in [0.29, 0.717) is 27.7 Å². The minimum absolute atomic E-state index is 0.108. The van der Waals surface area contributed by atoms with Crippen molar-refractivity contribution in [1.29, 1.82) is 0 Å². The molecule has 106 valence electrons. The van der Waals surface area contributed by atoms with E-state index in [1.165, 1.54) is 0 Å². The van der Waals surface area contributed by atoms with Crippen LogP contribution in [0.2, 0.25) is 10.0 Å². The number of H-pyrrole nitrogens is 1. The summed E-state index contributed by atoms with van der Waals surface area (Å²) < 4.78 is 4.81. The van der Waals surface area contributed by atoms with E-state index in [4.69, 9.17) is 27.9 Å². The van der Waals surface area contributed by atoms with Crippen molar-refractivity contribution in [3.8, 4) is 0 Å². The lowest BCUT2D eigenvalue weighted by Crippen LogP contribution is -2.17. The van der Waals surface area contributed by atoms with Gasteiger partial charge >= 0.3 is 5.97 Å². The molecule has 0 bridgehead atoms. The van der Waals surface area contributed by atoms with E-state index >= 15 is 0 Å². The van der Waals surface area contributed by atoms with Crippen LogP contribution in [0.4, 0.5) is 0 Å². The third-order valence-electron chi connectivity index (χ3n) is 2.68. The average molecular weight is 315 g/mol. The van der Waals surface area contributed by atoms with E-state index in [1.54, 1.807) is 19.1 Å². The fourth-order valence-corrected chi connectivity index (χ4v) is 2.06. The van der Waals surface area contributed by atoms with Crippen molar-refractivity contribution in [2.24, 2.45) is 0 Å². The Balaban J connectivity index is 2.30. The topological polar surface area (TPSA) is 72.0 Å². The minimum Gasteiger partial charge on any atom is -0.466 e. The number of nitrogens with zero attached hydrogens (tertiary/aromatic N) is 1. The van der Waals surface area contributed by atoms with Gasteiger partial charge in [-0.3, -0.25) is 9.59 Å². The predicted octanol–water partition coefficient (Wildman–Crippen LogP) is 2.73. The first-order chi connectivity index (χ1) is 9.51. The first kappa shape index (κ1) is 14.8. The van der Waals surface area contributed by atoms with Crippen LogP contribution in [0.5, 0.6) is 0 Å². The maximum Gasteiger partial charge on any atom is 0.306 e. The number of carbonyl (C=O) groups excluding carboxylic acids is 1. The van der Waals surface area contributed by atoms with E-state index < -0.39 is 0 Å². The Labute approximate surface area is 124 Å². The Bertz CT molecular complexity index is 713. The highest BCUT2D eigenvalue weighted by Gasteiger charge is 2.10. The summed E-state index contributed by atoms with van der Waals surface area (Å²) in [4.78, 5) is 30.0. The molecule has 1 N–H and O–H groups in total. The SMILES string of the molecule is CCOC(=O)CCc1nc2cc(Cl)c(Cl)cc2[nH]c1=O. The molecular weight excluding hydrogens is 303 g/mol. The van der Waals surface area contributed by atoms with Crippen LogP contribution in [-0.2, 0) is 16.0 Å². The molecule has 0 fully saturated rings. The zero-order valence-electron chi connectivity index (χ0n) is 10.7. The number of aromatic nitrogens is 2. The van der Waals surface area contributed by atoms with Crippen LogP contribution in [0.1, 0.15) is 19.0 Å². The van der Waals surface area contributed by atoms with Crippen LogP contribution in [0.25, 0.3) is 11.0 Å². The van der Waals surface area contributed by atoms with E-state index in [-0.39, 0.29) is 30.1 Å². The lowest BCUT2D eigenvalue weighted by molar-refractivity contribution is -0.143. The van der Waals surface area contributed by atoms with Crippen LogP contribution in [-0.4, -0.2) is 22.5 Å². The van der Waals surface area contributed by atoms with Gasteiger partial charge in [0, 0.05) is 6.42 Å². The Hall–Kier alpha value is -1.59. The molecule has 20 heavy (non-hydrogen) atoms. The number of benzene rings is 1. The first-order valence-corrected chi connectivity index (χ1v) is 6.80. The molecule has 0 saturated heterocycles. The zero-order chi connectivity index (χ0) is 14.7. The minimum atomic E-state index is -0.358. The number of rotatable bonds is 4. The van der Waals surface area contributed by atoms with Crippen molar-refractivity contribution >= 4 is 40.2 Å². The number of carbonyl (C=O) groups is 1. The first-order valence-electron chi connectivity index (χ1n) is 6.05. The predicted molar refractivity (Wildman–Crippen MR) is 77.3 cm³/mol.